The number of nitro groups is 1. The van der Waals surface area contributed by atoms with Crippen LogP contribution < -0.4 is 10.2 Å². The number of carbonyl (C=O) groups is 2. The van der Waals surface area contributed by atoms with E-state index in [2.05, 4.69) is 5.32 Å². The molecule has 2 heterocycles. The summed E-state index contributed by atoms with van der Waals surface area (Å²) >= 11 is 0. The van der Waals surface area contributed by atoms with Crippen LogP contribution in [0.15, 0.2) is 42.5 Å². The number of carbonyl (C=O) groups excluding carboxylic acids is 2. The standard InChI is InChI=1S/C22H24N4O5/c27-21(17-5-8-19(20(15-17)26(29)30)24-9-1-2-10-24)23-18-6-3-16(4-7-18)22(28)25-11-13-31-14-12-25/h3-8,15H,1-2,9-14H2,(H,23,27). The van der Waals surface area contributed by atoms with Crippen LogP contribution in [0, 0.1) is 10.1 Å². The van der Waals surface area contributed by atoms with Gasteiger partial charge in [-0.25, -0.2) is 0 Å². The van der Waals surface area contributed by atoms with Crippen molar-refractivity contribution in [2.24, 2.45) is 0 Å². The van der Waals surface area contributed by atoms with Gasteiger partial charge in [0.25, 0.3) is 17.5 Å². The van der Waals surface area contributed by atoms with Crippen molar-refractivity contribution in [3.05, 3.63) is 63.7 Å². The highest BCUT2D eigenvalue weighted by molar-refractivity contribution is 6.05. The van der Waals surface area contributed by atoms with Crippen LogP contribution in [-0.4, -0.2) is 61.0 Å². The minimum atomic E-state index is -0.448. The second-order valence-electron chi connectivity index (χ2n) is 7.59. The lowest BCUT2D eigenvalue weighted by Crippen LogP contribution is -2.40. The molecule has 9 heteroatoms. The maximum Gasteiger partial charge on any atom is 0.293 e. The number of hydrogen-bond acceptors (Lipinski definition) is 6. The molecule has 31 heavy (non-hydrogen) atoms. The van der Waals surface area contributed by atoms with Crippen LogP contribution in [0.4, 0.5) is 17.1 Å². The van der Waals surface area contributed by atoms with E-state index >= 15 is 0 Å². The number of nitrogens with zero attached hydrogens (tertiary/aromatic N) is 3. The molecule has 2 aliphatic heterocycles. The first-order valence-electron chi connectivity index (χ1n) is 10.3. The Morgan fingerprint density at radius 2 is 1.58 bits per heavy atom. The number of nitro benzene ring substituents is 1. The Morgan fingerprint density at radius 1 is 0.935 bits per heavy atom. The lowest BCUT2D eigenvalue weighted by atomic mass is 10.1. The minimum Gasteiger partial charge on any atom is -0.378 e. The number of amides is 2. The molecule has 0 aromatic heterocycles. The molecule has 0 spiro atoms. The first-order valence-corrected chi connectivity index (χ1v) is 10.3. The maximum atomic E-state index is 12.7. The average molecular weight is 424 g/mol. The third-order valence-corrected chi connectivity index (χ3v) is 5.57. The Hall–Kier alpha value is -3.46. The van der Waals surface area contributed by atoms with Gasteiger partial charge in [0.15, 0.2) is 0 Å². The van der Waals surface area contributed by atoms with Crippen molar-refractivity contribution in [1.82, 2.24) is 4.90 Å². The molecular weight excluding hydrogens is 400 g/mol. The number of anilines is 2. The van der Waals surface area contributed by atoms with E-state index in [0.29, 0.717) is 43.2 Å². The third-order valence-electron chi connectivity index (χ3n) is 5.57. The first kappa shape index (κ1) is 20.8. The van der Waals surface area contributed by atoms with Gasteiger partial charge in [-0.15, -0.1) is 0 Å². The van der Waals surface area contributed by atoms with E-state index in [4.69, 9.17) is 4.74 Å². The van der Waals surface area contributed by atoms with Gasteiger partial charge in [-0.1, -0.05) is 0 Å². The molecule has 2 saturated heterocycles. The van der Waals surface area contributed by atoms with E-state index in [1.165, 1.54) is 6.07 Å². The van der Waals surface area contributed by atoms with E-state index < -0.39 is 10.8 Å². The smallest absolute Gasteiger partial charge is 0.293 e. The molecule has 1 N–H and O–H groups in total. The second kappa shape index (κ2) is 9.13. The van der Waals surface area contributed by atoms with Gasteiger partial charge in [-0.2, -0.15) is 0 Å². The van der Waals surface area contributed by atoms with Crippen LogP contribution in [0.1, 0.15) is 33.6 Å². The number of nitrogens with one attached hydrogen (secondary N) is 1. The highest BCUT2D eigenvalue weighted by Gasteiger charge is 2.24. The van der Waals surface area contributed by atoms with E-state index in [1.54, 1.807) is 41.3 Å². The van der Waals surface area contributed by atoms with E-state index in [9.17, 15) is 19.7 Å². The van der Waals surface area contributed by atoms with Gasteiger partial charge >= 0.3 is 0 Å². The molecule has 0 unspecified atom stereocenters. The predicted molar refractivity (Wildman–Crippen MR) is 116 cm³/mol. The van der Waals surface area contributed by atoms with Crippen LogP contribution in [-0.2, 0) is 4.74 Å². The van der Waals surface area contributed by atoms with Crippen LogP contribution in [0.25, 0.3) is 0 Å². The highest BCUT2D eigenvalue weighted by Crippen LogP contribution is 2.32. The fourth-order valence-corrected chi connectivity index (χ4v) is 3.88. The van der Waals surface area contributed by atoms with Gasteiger partial charge in [0.05, 0.1) is 18.1 Å². The second-order valence-corrected chi connectivity index (χ2v) is 7.59. The molecule has 0 atom stereocenters. The summed E-state index contributed by atoms with van der Waals surface area (Å²) in [7, 11) is 0. The molecule has 2 aliphatic rings. The maximum absolute atomic E-state index is 12.7. The largest absolute Gasteiger partial charge is 0.378 e. The van der Waals surface area contributed by atoms with Gasteiger partial charge in [-0.3, -0.25) is 19.7 Å². The number of rotatable bonds is 5. The summed E-state index contributed by atoms with van der Waals surface area (Å²) in [5, 5.41) is 14.3. The lowest BCUT2D eigenvalue weighted by molar-refractivity contribution is -0.384. The van der Waals surface area contributed by atoms with Crippen LogP contribution in [0.2, 0.25) is 0 Å². The van der Waals surface area contributed by atoms with Crippen molar-refractivity contribution < 1.29 is 19.2 Å². The Morgan fingerprint density at radius 3 is 2.23 bits per heavy atom. The first-order chi connectivity index (χ1) is 15.0. The van der Waals surface area contributed by atoms with Crippen molar-refractivity contribution in [3.8, 4) is 0 Å². The Bertz CT molecular complexity index is 980. The van der Waals surface area contributed by atoms with Gasteiger partial charge in [0.1, 0.15) is 5.69 Å². The van der Waals surface area contributed by atoms with Crippen molar-refractivity contribution in [3.63, 3.8) is 0 Å². The monoisotopic (exact) mass is 424 g/mol. The molecule has 0 saturated carbocycles. The normalized spacial score (nSPS) is 16.3. The number of morpholine rings is 1. The quantitative estimate of drug-likeness (QED) is 0.585. The van der Waals surface area contributed by atoms with Crippen LogP contribution in [0.3, 0.4) is 0 Å². The fraction of sp³-hybridized carbons (Fsp3) is 0.364. The average Bonchev–Trinajstić information content (AvgIpc) is 3.34. The van der Waals surface area contributed by atoms with Crippen molar-refractivity contribution in [1.29, 1.82) is 0 Å². The third kappa shape index (κ3) is 4.66. The zero-order valence-electron chi connectivity index (χ0n) is 17.1. The summed E-state index contributed by atoms with van der Waals surface area (Å²) < 4.78 is 5.26. The molecule has 4 rings (SSSR count). The van der Waals surface area contributed by atoms with E-state index in [1.807, 2.05) is 4.90 Å². The van der Waals surface area contributed by atoms with Gasteiger partial charge in [-0.05, 0) is 49.2 Å². The number of ether oxygens (including phenoxy) is 1. The molecule has 0 bridgehead atoms. The molecule has 2 aromatic rings. The van der Waals surface area contributed by atoms with Crippen LogP contribution in [0.5, 0.6) is 0 Å². The zero-order chi connectivity index (χ0) is 21.8. The summed E-state index contributed by atoms with van der Waals surface area (Å²) in [6, 6.07) is 11.2. The van der Waals surface area contributed by atoms with Crippen molar-refractivity contribution >= 4 is 28.9 Å². The Labute approximate surface area is 179 Å². The van der Waals surface area contributed by atoms with Crippen molar-refractivity contribution in [2.45, 2.75) is 12.8 Å². The number of benzene rings is 2. The van der Waals surface area contributed by atoms with Crippen LogP contribution >= 0.6 is 0 Å². The molecule has 9 nitrogen and oxygen atoms in total. The Balaban J connectivity index is 1.45. The molecule has 2 aromatic carbocycles. The minimum absolute atomic E-state index is 0.0685. The summed E-state index contributed by atoms with van der Waals surface area (Å²) in [4.78, 5) is 40.0. The van der Waals surface area contributed by atoms with E-state index in [-0.39, 0.29) is 17.2 Å². The summed E-state index contributed by atoms with van der Waals surface area (Å²) in [5.74, 6) is -0.516. The Kier molecular flexibility index (Phi) is 6.13. The topological polar surface area (TPSA) is 105 Å². The molecular formula is C22H24N4O5. The molecule has 2 fully saturated rings. The number of hydrogen-bond donors (Lipinski definition) is 1. The summed E-state index contributed by atoms with van der Waals surface area (Å²) in [6.45, 7) is 3.74. The zero-order valence-corrected chi connectivity index (χ0v) is 17.1. The van der Waals surface area contributed by atoms with Gasteiger partial charge in [0.2, 0.25) is 0 Å². The van der Waals surface area contributed by atoms with Crippen molar-refractivity contribution in [2.75, 3.05) is 49.6 Å². The van der Waals surface area contributed by atoms with E-state index in [0.717, 1.165) is 25.9 Å². The van der Waals surface area contributed by atoms with Gasteiger partial charge in [0, 0.05) is 49.1 Å². The summed E-state index contributed by atoms with van der Waals surface area (Å²) in [5.41, 5.74) is 1.73. The molecule has 162 valence electrons. The summed E-state index contributed by atoms with van der Waals surface area (Å²) in [6.07, 6.45) is 2.01. The predicted octanol–water partition coefficient (Wildman–Crippen LogP) is 2.92. The molecule has 2 amide bonds. The fourth-order valence-electron chi connectivity index (χ4n) is 3.88. The SMILES string of the molecule is O=C(Nc1ccc(C(=O)N2CCOCC2)cc1)c1ccc(N2CCCC2)c([N+](=O)[O-])c1. The van der Waals surface area contributed by atoms with Gasteiger partial charge < -0.3 is 19.9 Å². The molecule has 0 aliphatic carbocycles. The molecule has 0 radical (unpaired) electrons. The highest BCUT2D eigenvalue weighted by atomic mass is 16.6. The lowest BCUT2D eigenvalue weighted by Gasteiger charge is -2.26.